The van der Waals surface area contributed by atoms with Gasteiger partial charge in [-0.2, -0.15) is 20.4 Å². The number of ether oxygens (including phenoxy) is 4. The summed E-state index contributed by atoms with van der Waals surface area (Å²) in [7, 11) is 11.6. The lowest BCUT2D eigenvalue weighted by Gasteiger charge is -2.17. The number of anilines is 13. The molecule has 5 fully saturated rings. The molecule has 3 amide bonds. The van der Waals surface area contributed by atoms with Crippen molar-refractivity contribution in [3.05, 3.63) is 206 Å². The lowest BCUT2D eigenvalue weighted by atomic mass is 10.1. The van der Waals surface area contributed by atoms with Crippen LogP contribution in [0.25, 0.3) is 45.6 Å². The first-order valence-corrected chi connectivity index (χ1v) is 41.4. The minimum atomic E-state index is -2.45. The fourth-order valence-electron chi connectivity index (χ4n) is 13.8. The molecule has 18 rings (SSSR count). The predicted octanol–water partition coefficient (Wildman–Crippen LogP) is 15.2. The SMILES string of the molecule is C=CC(=O)Nc1cc(Nc2cccc(-c3ncn(C)n3)c2OC)c(C(=O)C2CC2)cn1.CCC(=O)Nc1cc(Nc2cccc(-c3ncn(C)n3)c2OC)c(C(=O)C2CC2)cn1.COc1c(Nc2cc(Nc3cc(C)ccn3)ncc2C(=O)C2CC2)cccc1-c1ncn(C)n1.[2H]C([2H])([2H])n1cnc(-c2cccc(Nc3cc(NC(=O)C4CC4)ncc3C(=O)C3CC3)c2OC)n1. The summed E-state index contributed by atoms with van der Waals surface area (Å²) in [5.41, 5.74) is 10.4. The van der Waals surface area contributed by atoms with Crippen molar-refractivity contribution in [3.63, 3.8) is 0 Å². The molecule has 8 N–H and O–H groups in total. The molecule has 9 aromatic heterocycles. The van der Waals surface area contributed by atoms with Crippen molar-refractivity contribution < 1.29 is 56.6 Å². The molecule has 0 unspecified atom stereocenters. The van der Waals surface area contributed by atoms with Crippen molar-refractivity contribution in [3.8, 4) is 68.5 Å². The molecule has 5 aliphatic carbocycles. The van der Waals surface area contributed by atoms with Crippen molar-refractivity contribution in [2.24, 2.45) is 57.7 Å². The first-order valence-electron chi connectivity index (χ1n) is 42.9. The molecule has 654 valence electrons. The van der Waals surface area contributed by atoms with Crippen molar-refractivity contribution in [2.75, 3.05) is 71.0 Å². The monoisotopic (exact) mass is 1730 g/mol. The molecule has 0 bridgehead atoms. The molecule has 36 nitrogen and oxygen atoms in total. The maximum absolute atomic E-state index is 13.0. The second-order valence-corrected chi connectivity index (χ2v) is 31.0. The van der Waals surface area contributed by atoms with Crippen LogP contribution in [0.3, 0.4) is 0 Å². The molecule has 128 heavy (non-hydrogen) atoms. The number of rotatable bonds is 32. The summed E-state index contributed by atoms with van der Waals surface area (Å²) in [4.78, 5) is 126. The average Bonchev–Trinajstić information content (AvgIpc) is 1.81. The first kappa shape index (κ1) is 83.1. The number of benzene rings is 4. The minimum absolute atomic E-state index is 0.00622. The van der Waals surface area contributed by atoms with Crippen LogP contribution >= 0.6 is 0 Å². The molecule has 9 heterocycles. The van der Waals surface area contributed by atoms with E-state index < -0.39 is 6.98 Å². The maximum atomic E-state index is 13.0. The molecule has 0 radical (unpaired) electrons. The highest BCUT2D eigenvalue weighted by molar-refractivity contribution is 6.09. The Kier molecular flexibility index (Phi) is 25.3. The Morgan fingerprint density at radius 3 is 1.01 bits per heavy atom. The van der Waals surface area contributed by atoms with Gasteiger partial charge in [-0.3, -0.25) is 52.3 Å². The van der Waals surface area contributed by atoms with E-state index in [1.807, 2.05) is 86.8 Å². The number of aryl methyl sites for hydroxylation is 5. The van der Waals surface area contributed by atoms with E-state index in [0.29, 0.717) is 155 Å². The smallest absolute Gasteiger partial charge is 0.248 e. The summed E-state index contributed by atoms with van der Waals surface area (Å²) in [6.07, 6.45) is 24.1. The lowest BCUT2D eigenvalue weighted by molar-refractivity contribution is -0.117. The van der Waals surface area contributed by atoms with Crippen LogP contribution in [-0.2, 0) is 42.5 Å². The third-order valence-corrected chi connectivity index (χ3v) is 21.1. The highest BCUT2D eigenvalue weighted by Gasteiger charge is 2.37. The molecule has 5 aliphatic rings. The highest BCUT2D eigenvalue weighted by atomic mass is 16.5. The standard InChI is InChI=1S/C25H25N7O2.C23H24N6O3.C22H24N6O3.C22H22N6O3/c1-15-9-10-26-21(11-15)30-22-12-20(18(13-27-22)23(33)16-7-8-16)29-19-6-4-5-17(24(19)34-3)25-28-14-32(2)31-25;1-29-12-25-22(28-29)15-4-3-5-17(21(15)32-2)26-18-10-19(27-23(31)14-8-9-14)24-11-16(18)20(30)13-6-7-13;2*1-4-19(29)26-18-10-17(15(11-23-18)20(30)13-8-9-13)25-16-7-5-6-14(21(16)31-3)22-24-12-28(2)27-22/h4-6,9-14,16H,7-8H2,1-3H3,(H2,26,27,29,30);3-5,10-14H,6-9H2,1-2H3,(H2,24,26,27,31);5-7,10-13H,4,8-9H2,1-3H3,(H2,23,25,26,29);4-7,10-13H,1,8-9H2,2-3H3,(H2,23,25,26,29)/i;1D3;;. The van der Waals surface area contributed by atoms with Crippen LogP contribution in [0.15, 0.2) is 178 Å². The van der Waals surface area contributed by atoms with E-state index in [-0.39, 0.29) is 76.3 Å². The number of nitrogens with zero attached hydrogens (tertiary/aromatic N) is 17. The zero-order valence-corrected chi connectivity index (χ0v) is 71.6. The molecule has 36 heteroatoms. The van der Waals surface area contributed by atoms with Crippen LogP contribution < -0.4 is 61.5 Å². The fraction of sp³-hybridized carbons (Fsp3) is 0.283. The van der Waals surface area contributed by atoms with E-state index in [9.17, 15) is 33.6 Å². The number of aromatic nitrogens is 17. The van der Waals surface area contributed by atoms with E-state index >= 15 is 0 Å². The number of ketones is 4. The molecule has 4 aromatic carbocycles. The summed E-state index contributed by atoms with van der Waals surface area (Å²) >= 11 is 0. The Labute approximate surface area is 740 Å². The molecule has 5 saturated carbocycles. The molecule has 13 aromatic rings. The van der Waals surface area contributed by atoms with Gasteiger partial charge in [-0.25, -0.2) is 44.9 Å². The van der Waals surface area contributed by atoms with E-state index in [1.54, 1.807) is 124 Å². The zero-order chi connectivity index (χ0) is 92.3. The van der Waals surface area contributed by atoms with Gasteiger partial charge in [0, 0.05) is 123 Å². The Balaban J connectivity index is 0.000000134. The highest BCUT2D eigenvalue weighted by Crippen LogP contribution is 2.46. The summed E-state index contributed by atoms with van der Waals surface area (Å²) < 4.78 is 50.9. The Bertz CT molecular complexity index is 6510. The number of hydrogen-bond donors (Lipinski definition) is 8. The quantitative estimate of drug-likeness (QED) is 0.0143. The number of Topliss-reactive ketones (excluding diaryl/α,β-unsaturated/α-hetero) is 4. The lowest BCUT2D eigenvalue weighted by Crippen LogP contribution is -2.15. The number of amides is 3. The molecular weight excluding hydrogens is 1630 g/mol. The predicted molar refractivity (Wildman–Crippen MR) is 482 cm³/mol. The van der Waals surface area contributed by atoms with Crippen LogP contribution in [0.2, 0.25) is 0 Å². The summed E-state index contributed by atoms with van der Waals surface area (Å²) in [6, 6.07) is 32.7. The summed E-state index contributed by atoms with van der Waals surface area (Å²) in [5, 5.41) is 41.8. The number of nitrogens with one attached hydrogen (secondary N) is 8. The average molecular weight is 1730 g/mol. The second kappa shape index (κ2) is 39.0. The van der Waals surface area contributed by atoms with E-state index in [0.717, 1.165) is 98.0 Å². The molecular formula is C92H95N25O11. The van der Waals surface area contributed by atoms with Crippen molar-refractivity contribution in [1.82, 2.24) is 84.0 Å². The normalized spacial score (nSPS) is 14.0. The largest absolute Gasteiger partial charge is 0.494 e. The maximum Gasteiger partial charge on any atom is 0.248 e. The first-order chi connectivity index (χ1) is 63.2. The number of hydrogen-bond acceptors (Lipinski definition) is 29. The van der Waals surface area contributed by atoms with E-state index in [2.05, 4.69) is 114 Å². The van der Waals surface area contributed by atoms with E-state index in [4.69, 9.17) is 23.1 Å². The van der Waals surface area contributed by atoms with Crippen LogP contribution in [0.4, 0.5) is 74.6 Å². The summed E-state index contributed by atoms with van der Waals surface area (Å²) in [6.45, 7) is 4.76. The van der Waals surface area contributed by atoms with Gasteiger partial charge in [0.25, 0.3) is 0 Å². The zero-order valence-electron chi connectivity index (χ0n) is 74.6. The Morgan fingerprint density at radius 2 is 0.703 bits per heavy atom. The number of methoxy groups -OCH3 is 4. The van der Waals surface area contributed by atoms with Gasteiger partial charge in [0.2, 0.25) is 17.7 Å². The van der Waals surface area contributed by atoms with Gasteiger partial charge in [-0.1, -0.05) is 37.8 Å². The Hall–Kier alpha value is -15.8. The Morgan fingerprint density at radius 1 is 0.391 bits per heavy atom. The van der Waals surface area contributed by atoms with Gasteiger partial charge in [0.05, 0.1) is 118 Å². The third kappa shape index (κ3) is 21.2. The number of para-hydroxylation sites is 4. The minimum Gasteiger partial charge on any atom is -0.494 e. The third-order valence-electron chi connectivity index (χ3n) is 21.1. The van der Waals surface area contributed by atoms with Crippen molar-refractivity contribution in [2.45, 2.75) is 84.5 Å². The number of pyridine rings is 5. The molecule has 0 atom stereocenters. The number of carbonyl (C=O) groups excluding carboxylic acids is 7. The van der Waals surface area contributed by atoms with Crippen molar-refractivity contribution in [1.29, 1.82) is 0 Å². The van der Waals surface area contributed by atoms with Gasteiger partial charge in [0.1, 0.15) is 54.4 Å². The number of carbonyl (C=O) groups is 7. The molecule has 0 saturated heterocycles. The van der Waals surface area contributed by atoms with Crippen LogP contribution in [0.5, 0.6) is 23.0 Å². The van der Waals surface area contributed by atoms with Gasteiger partial charge < -0.3 is 61.5 Å². The second-order valence-electron chi connectivity index (χ2n) is 31.0. The van der Waals surface area contributed by atoms with Gasteiger partial charge in [-0.15, -0.1) is 0 Å². The van der Waals surface area contributed by atoms with Crippen LogP contribution in [-0.4, -0.2) is 153 Å². The summed E-state index contributed by atoms with van der Waals surface area (Å²) in [5.74, 6) is 5.77. The van der Waals surface area contributed by atoms with Gasteiger partial charge >= 0.3 is 0 Å². The fourth-order valence-corrected chi connectivity index (χ4v) is 13.8. The van der Waals surface area contributed by atoms with Gasteiger partial charge in [-0.05, 0) is 143 Å². The van der Waals surface area contributed by atoms with Crippen molar-refractivity contribution >= 4 is 115 Å². The topological polar surface area (TPSA) is 440 Å². The van der Waals surface area contributed by atoms with Crippen LogP contribution in [0.1, 0.15) is 129 Å². The van der Waals surface area contributed by atoms with Gasteiger partial charge in [0.15, 0.2) is 69.4 Å². The molecule has 0 spiro atoms. The van der Waals surface area contributed by atoms with E-state index in [1.165, 1.54) is 25.7 Å². The van der Waals surface area contributed by atoms with Crippen LogP contribution in [0, 0.1) is 36.5 Å². The molecule has 0 aliphatic heterocycles.